The Morgan fingerprint density at radius 2 is 1.95 bits per heavy atom. The van der Waals surface area contributed by atoms with Crippen LogP contribution in [0.1, 0.15) is 50.9 Å². The van der Waals surface area contributed by atoms with Crippen LogP contribution in [0.2, 0.25) is 0 Å². The van der Waals surface area contributed by atoms with Crippen molar-refractivity contribution in [2.24, 2.45) is 0 Å². The van der Waals surface area contributed by atoms with Crippen LogP contribution in [-0.4, -0.2) is 41.8 Å². The standard InChI is InChI=1S/C15H28N4O/c1-6-7-8-19(9-10-20)15-12(4)14(16-5)17-13(18-15)11(2)3/h11,20H,6-10H2,1-5H3,(H,16,17,18). The molecule has 0 amide bonds. The maximum atomic E-state index is 9.29. The molecule has 1 aromatic rings. The third-order valence-electron chi connectivity index (χ3n) is 3.34. The maximum Gasteiger partial charge on any atom is 0.137 e. The summed E-state index contributed by atoms with van der Waals surface area (Å²) in [5.41, 5.74) is 1.04. The predicted molar refractivity (Wildman–Crippen MR) is 84.6 cm³/mol. The van der Waals surface area contributed by atoms with Crippen molar-refractivity contribution in [2.45, 2.75) is 46.5 Å². The summed E-state index contributed by atoms with van der Waals surface area (Å²) in [6.07, 6.45) is 2.22. The van der Waals surface area contributed by atoms with Crippen molar-refractivity contribution >= 4 is 11.6 Å². The van der Waals surface area contributed by atoms with E-state index in [-0.39, 0.29) is 12.5 Å². The van der Waals surface area contributed by atoms with Crippen LogP contribution < -0.4 is 10.2 Å². The molecule has 0 aromatic carbocycles. The van der Waals surface area contributed by atoms with E-state index in [4.69, 9.17) is 4.98 Å². The van der Waals surface area contributed by atoms with Crippen molar-refractivity contribution in [3.8, 4) is 0 Å². The molecular formula is C15H28N4O. The Hall–Kier alpha value is -1.36. The van der Waals surface area contributed by atoms with E-state index in [2.05, 4.69) is 36.0 Å². The van der Waals surface area contributed by atoms with Gasteiger partial charge in [0.1, 0.15) is 17.5 Å². The first-order chi connectivity index (χ1) is 9.54. The van der Waals surface area contributed by atoms with Gasteiger partial charge in [-0.05, 0) is 13.3 Å². The van der Waals surface area contributed by atoms with Crippen molar-refractivity contribution in [3.05, 3.63) is 11.4 Å². The van der Waals surface area contributed by atoms with Crippen LogP contribution in [0.15, 0.2) is 0 Å². The smallest absolute Gasteiger partial charge is 0.137 e. The summed E-state index contributed by atoms with van der Waals surface area (Å²) >= 11 is 0. The molecule has 0 aliphatic heterocycles. The molecule has 0 aliphatic carbocycles. The van der Waals surface area contributed by atoms with Gasteiger partial charge in [0.2, 0.25) is 0 Å². The van der Waals surface area contributed by atoms with E-state index in [1.165, 1.54) is 0 Å². The lowest BCUT2D eigenvalue weighted by Gasteiger charge is -2.26. The molecule has 2 N–H and O–H groups in total. The minimum atomic E-state index is 0.138. The Labute approximate surface area is 122 Å². The lowest BCUT2D eigenvalue weighted by atomic mass is 10.2. The molecule has 1 aromatic heterocycles. The molecule has 114 valence electrons. The van der Waals surface area contributed by atoms with Crippen molar-refractivity contribution in [1.29, 1.82) is 0 Å². The number of rotatable bonds is 8. The monoisotopic (exact) mass is 280 g/mol. The molecule has 0 saturated carbocycles. The van der Waals surface area contributed by atoms with Crippen LogP contribution in [0, 0.1) is 6.92 Å². The summed E-state index contributed by atoms with van der Waals surface area (Å²) in [7, 11) is 1.88. The van der Waals surface area contributed by atoms with E-state index >= 15 is 0 Å². The molecule has 20 heavy (non-hydrogen) atoms. The van der Waals surface area contributed by atoms with Crippen molar-refractivity contribution in [2.75, 3.05) is 37.0 Å². The van der Waals surface area contributed by atoms with Gasteiger partial charge < -0.3 is 15.3 Å². The average molecular weight is 280 g/mol. The maximum absolute atomic E-state index is 9.29. The molecule has 5 heteroatoms. The second-order valence-electron chi connectivity index (χ2n) is 5.35. The van der Waals surface area contributed by atoms with Gasteiger partial charge in [0.05, 0.1) is 6.61 Å². The van der Waals surface area contributed by atoms with E-state index in [1.807, 2.05) is 14.0 Å². The fraction of sp³-hybridized carbons (Fsp3) is 0.733. The second kappa shape index (κ2) is 8.04. The number of aliphatic hydroxyl groups excluding tert-OH is 1. The van der Waals surface area contributed by atoms with Crippen LogP contribution in [0.25, 0.3) is 0 Å². The van der Waals surface area contributed by atoms with Crippen LogP contribution in [0.5, 0.6) is 0 Å². The summed E-state index contributed by atoms with van der Waals surface area (Å²) in [5.74, 6) is 2.94. The van der Waals surface area contributed by atoms with Gasteiger partial charge >= 0.3 is 0 Å². The highest BCUT2D eigenvalue weighted by molar-refractivity contribution is 5.58. The third kappa shape index (κ3) is 4.07. The minimum Gasteiger partial charge on any atom is -0.395 e. The number of anilines is 2. The number of aromatic nitrogens is 2. The molecule has 0 spiro atoms. The van der Waals surface area contributed by atoms with Crippen molar-refractivity contribution in [3.63, 3.8) is 0 Å². The number of nitrogens with one attached hydrogen (secondary N) is 1. The van der Waals surface area contributed by atoms with Crippen LogP contribution >= 0.6 is 0 Å². The first-order valence-corrected chi connectivity index (χ1v) is 7.47. The average Bonchev–Trinajstić information content (AvgIpc) is 2.43. The van der Waals surface area contributed by atoms with Gasteiger partial charge in [0, 0.05) is 31.6 Å². The number of hydrogen-bond donors (Lipinski definition) is 2. The topological polar surface area (TPSA) is 61.3 Å². The highest BCUT2D eigenvalue weighted by Gasteiger charge is 2.17. The van der Waals surface area contributed by atoms with Gasteiger partial charge in [-0.25, -0.2) is 9.97 Å². The van der Waals surface area contributed by atoms with E-state index in [0.717, 1.165) is 42.4 Å². The fourth-order valence-corrected chi connectivity index (χ4v) is 2.12. The molecule has 0 bridgehead atoms. The molecule has 0 fully saturated rings. The number of hydrogen-bond acceptors (Lipinski definition) is 5. The number of unbranched alkanes of at least 4 members (excludes halogenated alkanes) is 1. The predicted octanol–water partition coefficient (Wildman–Crippen LogP) is 2.55. The number of aliphatic hydroxyl groups is 1. The third-order valence-corrected chi connectivity index (χ3v) is 3.34. The van der Waals surface area contributed by atoms with Crippen LogP contribution in [0.4, 0.5) is 11.6 Å². The molecule has 0 unspecified atom stereocenters. The Kier molecular flexibility index (Phi) is 6.71. The fourth-order valence-electron chi connectivity index (χ4n) is 2.12. The molecule has 1 rings (SSSR count). The summed E-state index contributed by atoms with van der Waals surface area (Å²) in [6.45, 7) is 10.0. The normalized spacial score (nSPS) is 10.9. The summed E-state index contributed by atoms with van der Waals surface area (Å²) < 4.78 is 0. The largest absolute Gasteiger partial charge is 0.395 e. The Morgan fingerprint density at radius 1 is 1.25 bits per heavy atom. The zero-order valence-electron chi connectivity index (χ0n) is 13.4. The molecule has 0 atom stereocenters. The zero-order chi connectivity index (χ0) is 15.1. The van der Waals surface area contributed by atoms with Gasteiger partial charge in [-0.3, -0.25) is 0 Å². The van der Waals surface area contributed by atoms with E-state index in [1.54, 1.807) is 0 Å². The molecule has 0 aliphatic rings. The summed E-state index contributed by atoms with van der Waals surface area (Å²) in [4.78, 5) is 11.4. The van der Waals surface area contributed by atoms with Gasteiger partial charge in [-0.1, -0.05) is 27.2 Å². The van der Waals surface area contributed by atoms with Gasteiger partial charge in [-0.2, -0.15) is 0 Å². The van der Waals surface area contributed by atoms with E-state index < -0.39 is 0 Å². The minimum absolute atomic E-state index is 0.138. The van der Waals surface area contributed by atoms with Crippen molar-refractivity contribution in [1.82, 2.24) is 9.97 Å². The first-order valence-electron chi connectivity index (χ1n) is 7.47. The zero-order valence-corrected chi connectivity index (χ0v) is 13.4. The lowest BCUT2D eigenvalue weighted by molar-refractivity contribution is 0.301. The Morgan fingerprint density at radius 3 is 2.45 bits per heavy atom. The second-order valence-corrected chi connectivity index (χ2v) is 5.35. The molecule has 0 radical (unpaired) electrons. The molecule has 5 nitrogen and oxygen atoms in total. The van der Waals surface area contributed by atoms with Gasteiger partial charge in [0.25, 0.3) is 0 Å². The van der Waals surface area contributed by atoms with E-state index in [0.29, 0.717) is 6.54 Å². The van der Waals surface area contributed by atoms with Crippen molar-refractivity contribution < 1.29 is 5.11 Å². The molecular weight excluding hydrogens is 252 g/mol. The van der Waals surface area contributed by atoms with Gasteiger partial charge in [0.15, 0.2) is 0 Å². The Balaban J connectivity index is 3.19. The van der Waals surface area contributed by atoms with Gasteiger partial charge in [-0.15, -0.1) is 0 Å². The highest BCUT2D eigenvalue weighted by Crippen LogP contribution is 2.26. The number of nitrogens with zero attached hydrogens (tertiary/aromatic N) is 3. The first kappa shape index (κ1) is 16.7. The summed E-state index contributed by atoms with van der Waals surface area (Å²) in [5, 5.41) is 12.4. The highest BCUT2D eigenvalue weighted by atomic mass is 16.3. The lowest BCUT2D eigenvalue weighted by Crippen LogP contribution is -2.30. The van der Waals surface area contributed by atoms with Crippen LogP contribution in [-0.2, 0) is 0 Å². The Bertz CT molecular complexity index is 421. The summed E-state index contributed by atoms with van der Waals surface area (Å²) in [6, 6.07) is 0. The van der Waals surface area contributed by atoms with E-state index in [9.17, 15) is 5.11 Å². The van der Waals surface area contributed by atoms with Crippen LogP contribution in [0.3, 0.4) is 0 Å². The quantitative estimate of drug-likeness (QED) is 0.766. The molecule has 0 saturated heterocycles. The SMILES string of the molecule is CCCCN(CCO)c1nc(C(C)C)nc(NC)c1C. The molecule has 1 heterocycles.